The molecular formula is C31H32F2N4O3. The Labute approximate surface area is 231 Å². The van der Waals surface area contributed by atoms with Crippen molar-refractivity contribution in [3.8, 4) is 5.75 Å². The van der Waals surface area contributed by atoms with Crippen LogP contribution in [0.4, 0.5) is 14.5 Å². The van der Waals surface area contributed by atoms with E-state index in [-0.39, 0.29) is 24.8 Å². The summed E-state index contributed by atoms with van der Waals surface area (Å²) in [6.45, 7) is 2.24. The van der Waals surface area contributed by atoms with Crippen molar-refractivity contribution in [2.24, 2.45) is 5.73 Å². The van der Waals surface area contributed by atoms with Crippen LogP contribution in [0.3, 0.4) is 0 Å². The molecule has 1 aliphatic heterocycles. The van der Waals surface area contributed by atoms with E-state index in [0.717, 1.165) is 28.0 Å². The van der Waals surface area contributed by atoms with Crippen molar-refractivity contribution in [2.75, 3.05) is 18.0 Å². The van der Waals surface area contributed by atoms with Gasteiger partial charge in [0.1, 0.15) is 29.2 Å². The summed E-state index contributed by atoms with van der Waals surface area (Å²) in [7, 11) is 0. The van der Waals surface area contributed by atoms with E-state index >= 15 is 0 Å². The van der Waals surface area contributed by atoms with Gasteiger partial charge in [-0.15, -0.1) is 0 Å². The third kappa shape index (κ3) is 5.70. The molecule has 1 aliphatic rings. The number of hydrogen-bond donors (Lipinski definition) is 1. The van der Waals surface area contributed by atoms with Gasteiger partial charge in [-0.25, -0.2) is 13.6 Å². The molecule has 40 heavy (non-hydrogen) atoms. The zero-order chi connectivity index (χ0) is 28.2. The molecule has 0 radical (unpaired) electrons. The lowest BCUT2D eigenvalue weighted by molar-refractivity contribution is 0.170. The number of ether oxygens (including phenoxy) is 1. The molecule has 4 aromatic rings. The average molecular weight is 547 g/mol. The highest BCUT2D eigenvalue weighted by Gasteiger charge is 2.28. The molecule has 0 unspecified atom stereocenters. The van der Waals surface area contributed by atoms with E-state index in [1.54, 1.807) is 6.92 Å². The number of halogens is 2. The predicted molar refractivity (Wildman–Crippen MR) is 151 cm³/mol. The minimum Gasteiger partial charge on any atom is -0.490 e. The summed E-state index contributed by atoms with van der Waals surface area (Å²) >= 11 is 0. The van der Waals surface area contributed by atoms with E-state index in [1.807, 2.05) is 65.6 Å². The van der Waals surface area contributed by atoms with E-state index in [4.69, 9.17) is 10.5 Å². The number of rotatable bonds is 8. The molecule has 2 heterocycles. The van der Waals surface area contributed by atoms with E-state index in [9.17, 15) is 18.4 Å². The SMILES string of the molecule is Cc1c(N2CCC(Oc3ccccc3)CC2)c(=O)n(C[C@H](N)c2ccccc2)c(=O)n1Cc1c(F)cccc1F. The fraction of sp³-hybridized carbons (Fsp3) is 0.290. The number of anilines is 1. The summed E-state index contributed by atoms with van der Waals surface area (Å²) in [6, 6.07) is 21.7. The minimum atomic E-state index is -0.759. The Hall–Kier alpha value is -4.24. The van der Waals surface area contributed by atoms with Gasteiger partial charge in [0, 0.05) is 43.2 Å². The van der Waals surface area contributed by atoms with Gasteiger partial charge in [0.05, 0.1) is 13.1 Å². The topological polar surface area (TPSA) is 82.5 Å². The number of nitrogens with zero attached hydrogens (tertiary/aromatic N) is 3. The first-order chi connectivity index (χ1) is 19.3. The second-order valence-corrected chi connectivity index (χ2v) is 10.1. The summed E-state index contributed by atoms with van der Waals surface area (Å²) < 4.78 is 37.7. The Morgan fingerprint density at radius 2 is 1.48 bits per heavy atom. The molecule has 0 bridgehead atoms. The van der Waals surface area contributed by atoms with Gasteiger partial charge in [0.15, 0.2) is 0 Å². The minimum absolute atomic E-state index is 0.0221. The summed E-state index contributed by atoms with van der Waals surface area (Å²) in [5.74, 6) is -0.731. The summed E-state index contributed by atoms with van der Waals surface area (Å²) in [6.07, 6.45) is 1.31. The molecule has 2 N–H and O–H groups in total. The van der Waals surface area contributed by atoms with Crippen LogP contribution in [-0.4, -0.2) is 28.3 Å². The predicted octanol–water partition coefficient (Wildman–Crippen LogP) is 4.39. The molecule has 0 saturated carbocycles. The van der Waals surface area contributed by atoms with Crippen LogP contribution in [0.25, 0.3) is 0 Å². The third-order valence-corrected chi connectivity index (χ3v) is 7.45. The maximum absolute atomic E-state index is 14.6. The molecule has 5 rings (SSSR count). The van der Waals surface area contributed by atoms with Crippen molar-refractivity contribution in [1.82, 2.24) is 9.13 Å². The van der Waals surface area contributed by atoms with Crippen molar-refractivity contribution >= 4 is 5.69 Å². The first-order valence-corrected chi connectivity index (χ1v) is 13.4. The summed E-state index contributed by atoms with van der Waals surface area (Å²) in [5, 5.41) is 0. The molecule has 9 heteroatoms. The molecule has 1 fully saturated rings. The maximum Gasteiger partial charge on any atom is 0.331 e. The van der Waals surface area contributed by atoms with Crippen LogP contribution >= 0.6 is 0 Å². The molecule has 0 aliphatic carbocycles. The second kappa shape index (κ2) is 11.9. The van der Waals surface area contributed by atoms with Crippen molar-refractivity contribution in [1.29, 1.82) is 0 Å². The quantitative estimate of drug-likeness (QED) is 0.355. The molecular weight excluding hydrogens is 514 g/mol. The molecule has 1 saturated heterocycles. The fourth-order valence-corrected chi connectivity index (χ4v) is 5.23. The highest BCUT2D eigenvalue weighted by molar-refractivity contribution is 5.49. The lowest BCUT2D eigenvalue weighted by atomic mass is 10.1. The number of aromatic nitrogens is 2. The molecule has 0 amide bonds. The third-order valence-electron chi connectivity index (χ3n) is 7.45. The highest BCUT2D eigenvalue weighted by atomic mass is 19.1. The van der Waals surface area contributed by atoms with Crippen LogP contribution in [0.2, 0.25) is 0 Å². The van der Waals surface area contributed by atoms with Gasteiger partial charge in [0.25, 0.3) is 5.56 Å². The monoisotopic (exact) mass is 546 g/mol. The first-order valence-electron chi connectivity index (χ1n) is 13.4. The van der Waals surface area contributed by atoms with Gasteiger partial charge in [-0.05, 0) is 36.8 Å². The van der Waals surface area contributed by atoms with Gasteiger partial charge < -0.3 is 15.4 Å². The maximum atomic E-state index is 14.6. The standard InChI is InChI=1S/C31H32F2N4O3/c1-21-29(35-17-15-24(16-18-35)40-23-11-6-3-7-12-23)30(38)37(20-28(34)22-9-4-2-5-10-22)31(39)36(21)19-25-26(32)13-8-14-27(25)33/h2-14,24,28H,15-20,34H2,1H3/t28-/m0/s1. The van der Waals surface area contributed by atoms with Gasteiger partial charge in [-0.1, -0.05) is 54.6 Å². The normalized spacial score (nSPS) is 14.8. The van der Waals surface area contributed by atoms with E-state index in [0.29, 0.717) is 37.3 Å². The van der Waals surface area contributed by atoms with Gasteiger partial charge in [-0.3, -0.25) is 13.9 Å². The molecule has 7 nitrogen and oxygen atoms in total. The highest BCUT2D eigenvalue weighted by Crippen LogP contribution is 2.24. The van der Waals surface area contributed by atoms with Crippen LogP contribution in [0.1, 0.15) is 35.7 Å². The Morgan fingerprint density at radius 1 is 0.875 bits per heavy atom. The smallest absolute Gasteiger partial charge is 0.331 e. The van der Waals surface area contributed by atoms with Gasteiger partial charge in [-0.2, -0.15) is 0 Å². The van der Waals surface area contributed by atoms with Crippen LogP contribution in [0, 0.1) is 18.6 Å². The number of benzene rings is 3. The number of nitrogens with two attached hydrogens (primary N) is 1. The fourth-order valence-electron chi connectivity index (χ4n) is 5.23. The first kappa shape index (κ1) is 27.3. The second-order valence-electron chi connectivity index (χ2n) is 10.1. The van der Waals surface area contributed by atoms with Crippen LogP contribution < -0.4 is 26.6 Å². The van der Waals surface area contributed by atoms with Gasteiger partial charge in [0.2, 0.25) is 0 Å². The lowest BCUT2D eigenvalue weighted by Crippen LogP contribution is -2.48. The zero-order valence-electron chi connectivity index (χ0n) is 22.3. The summed E-state index contributed by atoms with van der Waals surface area (Å²) in [5.41, 5.74) is 6.48. The van der Waals surface area contributed by atoms with Crippen molar-refractivity contribution in [2.45, 2.75) is 45.0 Å². The Bertz CT molecular complexity index is 1560. The Kier molecular flexibility index (Phi) is 8.11. The Balaban J connectivity index is 1.51. The zero-order valence-corrected chi connectivity index (χ0v) is 22.3. The molecule has 0 spiro atoms. The van der Waals surface area contributed by atoms with Crippen molar-refractivity contribution in [3.63, 3.8) is 0 Å². The number of hydrogen-bond acceptors (Lipinski definition) is 5. The van der Waals surface area contributed by atoms with E-state index in [2.05, 4.69) is 0 Å². The molecule has 1 atom stereocenters. The van der Waals surface area contributed by atoms with Crippen molar-refractivity contribution < 1.29 is 13.5 Å². The summed E-state index contributed by atoms with van der Waals surface area (Å²) in [4.78, 5) is 29.5. The lowest BCUT2D eigenvalue weighted by Gasteiger charge is -2.34. The van der Waals surface area contributed by atoms with Crippen LogP contribution in [-0.2, 0) is 13.1 Å². The Morgan fingerprint density at radius 3 is 2.10 bits per heavy atom. The van der Waals surface area contributed by atoms with E-state index in [1.165, 1.54) is 10.6 Å². The van der Waals surface area contributed by atoms with Crippen molar-refractivity contribution in [3.05, 3.63) is 128 Å². The van der Waals surface area contributed by atoms with E-state index < -0.39 is 28.9 Å². The molecule has 3 aromatic carbocycles. The van der Waals surface area contributed by atoms with Gasteiger partial charge >= 0.3 is 5.69 Å². The molecule has 1 aromatic heterocycles. The van der Waals surface area contributed by atoms with Crippen LogP contribution in [0.5, 0.6) is 5.75 Å². The molecule has 208 valence electrons. The largest absolute Gasteiger partial charge is 0.490 e. The van der Waals surface area contributed by atoms with Crippen LogP contribution in [0.15, 0.2) is 88.5 Å². The number of para-hydroxylation sites is 1. The average Bonchev–Trinajstić information content (AvgIpc) is 2.96. The number of piperidine rings is 1.